The SMILES string of the molecule is CCC(C)(C)c1ccc(Oc2cc(Nc3ccc(S(=O)(=O)O)cc3)c3c4c(c(C(=O)c5ccccc5)c(=O)[nH]c24)-c2ccccc2C3=O)cc1.O=S(=O)=O. The number of ketones is 2. The summed E-state index contributed by atoms with van der Waals surface area (Å²) in [4.78, 5) is 45.1. The fraction of sp³-hybridized carbons (Fsp3) is 0.125. The van der Waals surface area contributed by atoms with E-state index >= 15 is 0 Å². The number of carbonyl (C=O) groups excluding carboxylic acids is 2. The van der Waals surface area contributed by atoms with E-state index in [1.165, 1.54) is 24.3 Å². The lowest BCUT2D eigenvalue weighted by Crippen LogP contribution is -2.24. The van der Waals surface area contributed by atoms with E-state index in [1.807, 2.05) is 24.3 Å². The van der Waals surface area contributed by atoms with E-state index < -0.39 is 32.1 Å². The van der Waals surface area contributed by atoms with E-state index in [0.29, 0.717) is 44.8 Å². The van der Waals surface area contributed by atoms with Crippen molar-refractivity contribution < 1.29 is 39.9 Å². The van der Waals surface area contributed by atoms with Gasteiger partial charge in [-0.1, -0.05) is 87.5 Å². The first-order chi connectivity index (χ1) is 25.6. The third kappa shape index (κ3) is 7.35. The van der Waals surface area contributed by atoms with Crippen LogP contribution in [0.2, 0.25) is 0 Å². The predicted molar refractivity (Wildman–Crippen MR) is 202 cm³/mol. The number of benzene rings is 5. The number of anilines is 2. The number of carbonyl (C=O) groups is 2. The van der Waals surface area contributed by atoms with Crippen LogP contribution < -0.4 is 15.6 Å². The number of pyridine rings is 1. The molecule has 1 aliphatic rings. The fourth-order valence-electron chi connectivity index (χ4n) is 6.29. The highest BCUT2D eigenvalue weighted by Crippen LogP contribution is 2.47. The van der Waals surface area contributed by atoms with Crippen LogP contribution in [0.1, 0.15) is 64.6 Å². The topological polar surface area (TPSA) is 194 Å². The monoisotopic (exact) mass is 764 g/mol. The summed E-state index contributed by atoms with van der Waals surface area (Å²) in [7, 11) is -7.55. The second kappa shape index (κ2) is 14.7. The Labute approximate surface area is 311 Å². The van der Waals surface area contributed by atoms with Gasteiger partial charge in [0.25, 0.3) is 15.7 Å². The van der Waals surface area contributed by atoms with Crippen molar-refractivity contribution in [3.05, 3.63) is 147 Å². The highest BCUT2D eigenvalue weighted by molar-refractivity contribution is 7.85. The van der Waals surface area contributed by atoms with Crippen LogP contribution in [0.3, 0.4) is 0 Å². The van der Waals surface area contributed by atoms with Crippen molar-refractivity contribution in [3.63, 3.8) is 0 Å². The minimum atomic E-state index is -4.44. The fourth-order valence-corrected chi connectivity index (χ4v) is 6.77. The largest absolute Gasteiger partial charge is 0.455 e. The van der Waals surface area contributed by atoms with E-state index in [0.717, 1.165) is 12.0 Å². The van der Waals surface area contributed by atoms with Crippen LogP contribution in [0.25, 0.3) is 22.0 Å². The van der Waals surface area contributed by atoms with E-state index in [9.17, 15) is 27.4 Å². The van der Waals surface area contributed by atoms with Gasteiger partial charge in [-0.3, -0.25) is 18.9 Å². The maximum atomic E-state index is 14.4. The zero-order chi connectivity index (χ0) is 38.9. The molecule has 0 saturated carbocycles. The molecule has 0 bridgehead atoms. The lowest BCUT2D eigenvalue weighted by molar-refractivity contribution is 0.102. The van der Waals surface area contributed by atoms with E-state index in [2.05, 4.69) is 31.1 Å². The first-order valence-corrected chi connectivity index (χ1v) is 18.9. The van der Waals surface area contributed by atoms with Gasteiger partial charge in [0.15, 0.2) is 17.3 Å². The summed E-state index contributed by atoms with van der Waals surface area (Å²) in [6.07, 6.45) is 0.934. The normalized spacial score (nSPS) is 12.0. The molecule has 12 nitrogen and oxygen atoms in total. The zero-order valence-electron chi connectivity index (χ0n) is 29.0. The van der Waals surface area contributed by atoms with Gasteiger partial charge in [-0.2, -0.15) is 8.42 Å². The van der Waals surface area contributed by atoms with Crippen molar-refractivity contribution in [1.82, 2.24) is 4.98 Å². The van der Waals surface area contributed by atoms with Crippen LogP contribution in [-0.2, 0) is 26.1 Å². The molecule has 1 aliphatic carbocycles. The minimum absolute atomic E-state index is 0.0541. The van der Waals surface area contributed by atoms with Gasteiger partial charge in [-0.25, -0.2) is 0 Å². The van der Waals surface area contributed by atoms with Gasteiger partial charge in [0.2, 0.25) is 0 Å². The molecule has 1 aromatic heterocycles. The molecule has 54 heavy (non-hydrogen) atoms. The Bertz CT molecular complexity index is 2740. The van der Waals surface area contributed by atoms with Gasteiger partial charge in [0.05, 0.1) is 27.2 Å². The second-order valence-corrected chi connectivity index (χ2v) is 14.8. The maximum Gasteiger partial charge on any atom is 0.425 e. The summed E-state index contributed by atoms with van der Waals surface area (Å²) in [5, 5.41) is 3.55. The zero-order valence-corrected chi connectivity index (χ0v) is 30.7. The van der Waals surface area contributed by atoms with Crippen LogP contribution >= 0.6 is 0 Å². The smallest absolute Gasteiger partial charge is 0.425 e. The Hall–Kier alpha value is -6.22. The molecule has 0 atom stereocenters. The summed E-state index contributed by atoms with van der Waals surface area (Å²) in [5.74, 6) is -0.158. The molecule has 14 heteroatoms. The van der Waals surface area contributed by atoms with Crippen molar-refractivity contribution in [1.29, 1.82) is 0 Å². The number of nitrogens with one attached hydrogen (secondary N) is 2. The predicted octanol–water partition coefficient (Wildman–Crippen LogP) is 7.44. The Morgan fingerprint density at radius 3 is 2.02 bits per heavy atom. The van der Waals surface area contributed by atoms with Crippen molar-refractivity contribution in [2.24, 2.45) is 0 Å². The summed E-state index contributed by atoms with van der Waals surface area (Å²) in [5.41, 5.74) is 2.80. The van der Waals surface area contributed by atoms with Crippen LogP contribution in [0.15, 0.2) is 119 Å². The average Bonchev–Trinajstić information content (AvgIpc) is 3.14. The molecule has 0 spiro atoms. The second-order valence-electron chi connectivity index (χ2n) is 13.0. The maximum absolute atomic E-state index is 14.4. The van der Waals surface area contributed by atoms with Gasteiger partial charge >= 0.3 is 10.6 Å². The molecule has 3 N–H and O–H groups in total. The third-order valence-electron chi connectivity index (χ3n) is 9.37. The van der Waals surface area contributed by atoms with Crippen molar-refractivity contribution in [2.45, 2.75) is 37.5 Å². The number of hydrogen-bond donors (Lipinski definition) is 3. The standard InChI is InChI=1S/C40H32N2O7S.O3S/c1-4-40(2,3)24-14-18-26(19-15-24)49-31-22-30(41-25-16-20-27(21-17-25)50(46,47)48)33-34-32(28-12-8-9-13-29(28)38(33)44)35(39(45)42-36(31)34)37(43)23-10-6-5-7-11-23;1-4(2)3/h5-22,41H,4H2,1-3H3,(H,42,45)(H,46,47,48);. The number of fused-ring (bicyclic) bond motifs is 2. The summed E-state index contributed by atoms with van der Waals surface area (Å²) >= 11 is 0. The molecule has 0 aliphatic heterocycles. The number of aromatic nitrogens is 1. The van der Waals surface area contributed by atoms with Crippen molar-refractivity contribution in [2.75, 3.05) is 5.32 Å². The molecule has 0 amide bonds. The Kier molecular flexibility index (Phi) is 10.2. The molecular formula is C40H32N2O10S2. The van der Waals surface area contributed by atoms with Crippen LogP contribution in [0.4, 0.5) is 11.4 Å². The molecule has 0 fully saturated rings. The Balaban J connectivity index is 0.00000119. The van der Waals surface area contributed by atoms with Crippen molar-refractivity contribution >= 4 is 54.6 Å². The van der Waals surface area contributed by atoms with Crippen LogP contribution in [0.5, 0.6) is 11.5 Å². The number of rotatable bonds is 9. The first kappa shape index (κ1) is 37.5. The lowest BCUT2D eigenvalue weighted by Gasteiger charge is -2.26. The average molecular weight is 765 g/mol. The summed E-state index contributed by atoms with van der Waals surface area (Å²) < 4.78 is 64.7. The molecule has 5 aromatic carbocycles. The van der Waals surface area contributed by atoms with Crippen molar-refractivity contribution in [3.8, 4) is 22.6 Å². The molecule has 7 rings (SSSR count). The number of aromatic amines is 1. The van der Waals surface area contributed by atoms with Gasteiger partial charge in [-0.15, -0.1) is 12.6 Å². The Morgan fingerprint density at radius 1 is 0.833 bits per heavy atom. The molecule has 0 saturated heterocycles. The molecule has 0 radical (unpaired) electrons. The van der Waals surface area contributed by atoms with E-state index in [1.54, 1.807) is 60.7 Å². The summed E-state index contributed by atoms with van der Waals surface area (Å²) in [6, 6.07) is 29.9. The first-order valence-electron chi connectivity index (χ1n) is 16.5. The molecule has 6 aromatic rings. The summed E-state index contributed by atoms with van der Waals surface area (Å²) in [6.45, 7) is 6.43. The van der Waals surface area contributed by atoms with Gasteiger partial charge in [-0.05, 0) is 59.4 Å². The quantitative estimate of drug-likeness (QED) is 0.0977. The molecule has 0 unspecified atom stereocenters. The number of ether oxygens (including phenoxy) is 1. The minimum Gasteiger partial charge on any atom is -0.455 e. The van der Waals surface area contributed by atoms with E-state index in [4.69, 9.17) is 17.4 Å². The molecule has 1 heterocycles. The van der Waals surface area contributed by atoms with E-state index in [-0.39, 0.29) is 38.5 Å². The number of H-pyrrole nitrogens is 1. The molecule has 274 valence electrons. The lowest BCUT2D eigenvalue weighted by atomic mass is 9.80. The highest BCUT2D eigenvalue weighted by Gasteiger charge is 2.35. The van der Waals surface area contributed by atoms with Gasteiger partial charge in [0.1, 0.15) is 5.75 Å². The molecular weight excluding hydrogens is 733 g/mol. The highest BCUT2D eigenvalue weighted by atomic mass is 32.2. The van der Waals surface area contributed by atoms with Gasteiger partial charge in [0, 0.05) is 33.8 Å². The van der Waals surface area contributed by atoms with Gasteiger partial charge < -0.3 is 15.0 Å². The van der Waals surface area contributed by atoms with Crippen LogP contribution in [-0.4, -0.2) is 42.1 Å². The third-order valence-corrected chi connectivity index (χ3v) is 10.2. The Morgan fingerprint density at radius 2 is 1.43 bits per heavy atom. The number of hydrogen-bond acceptors (Lipinski definition) is 10. The van der Waals surface area contributed by atoms with Crippen LogP contribution in [0, 0.1) is 0 Å².